The molecule has 0 radical (unpaired) electrons. The Bertz CT molecular complexity index is 803. The molecule has 10 heteroatoms. The Hall–Kier alpha value is -3.27. The zero-order chi connectivity index (χ0) is 20.4. The molecule has 2 aromatic rings. The summed E-state index contributed by atoms with van der Waals surface area (Å²) in [6, 6.07) is 6.22. The van der Waals surface area contributed by atoms with Gasteiger partial charge in [0.05, 0.1) is 23.4 Å². The average molecular weight is 389 g/mol. The van der Waals surface area contributed by atoms with Crippen LogP contribution in [0.2, 0.25) is 0 Å². The van der Waals surface area contributed by atoms with E-state index in [1.165, 1.54) is 12.1 Å². The van der Waals surface area contributed by atoms with E-state index in [1.54, 1.807) is 34.7 Å². The van der Waals surface area contributed by atoms with Gasteiger partial charge in [-0.25, -0.2) is 5.48 Å². The first kappa shape index (κ1) is 21.0. The van der Waals surface area contributed by atoms with Crippen LogP contribution in [-0.2, 0) is 16.1 Å². The summed E-state index contributed by atoms with van der Waals surface area (Å²) in [7, 11) is 0. The highest BCUT2D eigenvalue weighted by Crippen LogP contribution is 2.14. The van der Waals surface area contributed by atoms with Crippen molar-refractivity contribution in [1.82, 2.24) is 15.3 Å². The molecule has 150 valence electrons. The number of nitrogens with zero attached hydrogens (tertiary/aromatic N) is 3. The van der Waals surface area contributed by atoms with E-state index in [1.807, 2.05) is 0 Å². The summed E-state index contributed by atoms with van der Waals surface area (Å²) in [5, 5.41) is 26.0. The minimum absolute atomic E-state index is 0.0360. The fraction of sp³-hybridized carbons (Fsp3) is 0.389. The highest BCUT2D eigenvalue weighted by atomic mass is 16.6. The number of anilines is 1. The number of rotatable bonds is 11. The maximum atomic E-state index is 12.0. The second-order valence-electron chi connectivity index (χ2n) is 6.35. The van der Waals surface area contributed by atoms with Gasteiger partial charge in [0.25, 0.3) is 5.69 Å². The van der Waals surface area contributed by atoms with E-state index in [2.05, 4.69) is 10.4 Å². The Morgan fingerprint density at radius 2 is 1.71 bits per heavy atom. The van der Waals surface area contributed by atoms with Crippen molar-refractivity contribution in [3.05, 3.63) is 52.3 Å². The Labute approximate surface area is 161 Å². The molecule has 0 saturated carbocycles. The third-order valence-corrected chi connectivity index (χ3v) is 4.09. The summed E-state index contributed by atoms with van der Waals surface area (Å²) in [6.45, 7) is 0.440. The fourth-order valence-electron chi connectivity index (χ4n) is 2.63. The van der Waals surface area contributed by atoms with Gasteiger partial charge in [0.15, 0.2) is 0 Å². The Morgan fingerprint density at radius 3 is 2.32 bits per heavy atom. The molecule has 0 aliphatic heterocycles. The molecule has 0 atom stereocenters. The van der Waals surface area contributed by atoms with Crippen LogP contribution in [0, 0.1) is 10.1 Å². The number of amides is 2. The van der Waals surface area contributed by atoms with Crippen LogP contribution in [0.3, 0.4) is 0 Å². The summed E-state index contributed by atoms with van der Waals surface area (Å²) >= 11 is 0. The van der Waals surface area contributed by atoms with E-state index in [9.17, 15) is 19.7 Å². The Kier molecular flexibility index (Phi) is 8.10. The lowest BCUT2D eigenvalue weighted by molar-refractivity contribution is -0.384. The molecule has 2 amide bonds. The molecule has 1 aromatic heterocycles. The van der Waals surface area contributed by atoms with Crippen LogP contribution in [0.15, 0.2) is 36.7 Å². The first-order valence-electron chi connectivity index (χ1n) is 8.96. The van der Waals surface area contributed by atoms with Crippen LogP contribution >= 0.6 is 0 Å². The van der Waals surface area contributed by atoms with E-state index < -0.39 is 10.8 Å². The van der Waals surface area contributed by atoms with E-state index >= 15 is 0 Å². The average Bonchev–Trinajstić information content (AvgIpc) is 3.11. The summed E-state index contributed by atoms with van der Waals surface area (Å²) < 4.78 is 1.64. The van der Waals surface area contributed by atoms with Crippen LogP contribution in [0.25, 0.3) is 0 Å². The number of carbonyl (C=O) groups is 2. The van der Waals surface area contributed by atoms with Crippen molar-refractivity contribution in [2.45, 2.75) is 45.1 Å². The quantitative estimate of drug-likeness (QED) is 0.234. The number of hydroxylamine groups is 1. The highest BCUT2D eigenvalue weighted by Gasteiger charge is 2.07. The normalized spacial score (nSPS) is 10.5. The molecule has 2 rings (SSSR count). The maximum absolute atomic E-state index is 12.0. The second-order valence-corrected chi connectivity index (χ2v) is 6.35. The Morgan fingerprint density at radius 1 is 1.07 bits per heavy atom. The van der Waals surface area contributed by atoms with Crippen LogP contribution in [-0.4, -0.2) is 31.7 Å². The standard InChI is InChI=1S/C18H23N5O5/c24-17(5-3-1-2-4-6-18(25)21-26)20-15-11-19-22(13-15)12-14-7-9-16(10-8-14)23(27)28/h7-11,13,26H,1-6,12H2,(H,20,24)(H,21,25). The number of non-ortho nitro benzene ring substituents is 1. The summed E-state index contributed by atoms with van der Waals surface area (Å²) in [5.41, 5.74) is 3.08. The van der Waals surface area contributed by atoms with E-state index in [0.717, 1.165) is 18.4 Å². The number of nitro benzene ring substituents is 1. The lowest BCUT2D eigenvalue weighted by atomic mass is 10.1. The molecule has 28 heavy (non-hydrogen) atoms. The van der Waals surface area contributed by atoms with Crippen molar-refractivity contribution in [3.63, 3.8) is 0 Å². The molecule has 0 aliphatic carbocycles. The number of carbonyl (C=O) groups excluding carboxylic acids is 2. The molecule has 1 heterocycles. The molecular formula is C18H23N5O5. The molecule has 0 bridgehead atoms. The van der Waals surface area contributed by atoms with Gasteiger partial charge in [-0.3, -0.25) is 29.6 Å². The number of hydrogen-bond acceptors (Lipinski definition) is 6. The maximum Gasteiger partial charge on any atom is 0.269 e. The van der Waals surface area contributed by atoms with Crippen molar-refractivity contribution < 1.29 is 19.7 Å². The first-order chi connectivity index (χ1) is 13.5. The lowest BCUT2D eigenvalue weighted by Crippen LogP contribution is -2.17. The van der Waals surface area contributed by atoms with Gasteiger partial charge in [0.1, 0.15) is 0 Å². The molecule has 0 aliphatic rings. The molecule has 0 fully saturated rings. The molecule has 0 unspecified atom stereocenters. The van der Waals surface area contributed by atoms with Gasteiger partial charge in [0, 0.05) is 31.2 Å². The molecule has 0 spiro atoms. The van der Waals surface area contributed by atoms with Crippen molar-refractivity contribution in [2.75, 3.05) is 5.32 Å². The van der Waals surface area contributed by atoms with Crippen LogP contribution < -0.4 is 10.8 Å². The van der Waals surface area contributed by atoms with Gasteiger partial charge in [-0.2, -0.15) is 5.10 Å². The first-order valence-corrected chi connectivity index (χ1v) is 8.96. The predicted octanol–water partition coefficient (Wildman–Crippen LogP) is 2.62. The molecule has 3 N–H and O–H groups in total. The van der Waals surface area contributed by atoms with Crippen molar-refractivity contribution >= 4 is 23.2 Å². The van der Waals surface area contributed by atoms with Crippen molar-refractivity contribution in [2.24, 2.45) is 0 Å². The zero-order valence-corrected chi connectivity index (χ0v) is 15.3. The van der Waals surface area contributed by atoms with Crippen molar-refractivity contribution in [1.29, 1.82) is 0 Å². The molecule has 10 nitrogen and oxygen atoms in total. The second kappa shape index (κ2) is 10.8. The summed E-state index contributed by atoms with van der Waals surface area (Å²) in [6.07, 6.45) is 6.92. The summed E-state index contributed by atoms with van der Waals surface area (Å²) in [5.74, 6) is -0.508. The van der Waals surface area contributed by atoms with Gasteiger partial charge in [0.2, 0.25) is 11.8 Å². The number of aromatic nitrogens is 2. The van der Waals surface area contributed by atoms with E-state index in [-0.39, 0.29) is 18.0 Å². The van der Waals surface area contributed by atoms with Gasteiger partial charge < -0.3 is 5.32 Å². The lowest BCUT2D eigenvalue weighted by Gasteiger charge is -2.03. The van der Waals surface area contributed by atoms with E-state index in [0.29, 0.717) is 31.5 Å². The highest BCUT2D eigenvalue weighted by molar-refractivity contribution is 5.90. The van der Waals surface area contributed by atoms with Crippen LogP contribution in [0.5, 0.6) is 0 Å². The monoisotopic (exact) mass is 389 g/mol. The SMILES string of the molecule is O=C(CCCCCCC(=O)Nc1cnn(Cc2ccc([N+](=O)[O-])cc2)c1)NO. The van der Waals surface area contributed by atoms with Gasteiger partial charge in [-0.05, 0) is 18.4 Å². The molecule has 1 aromatic carbocycles. The van der Waals surface area contributed by atoms with Gasteiger partial charge in [-0.1, -0.05) is 25.0 Å². The Balaban J connectivity index is 1.69. The topological polar surface area (TPSA) is 139 Å². The minimum atomic E-state index is -0.447. The third kappa shape index (κ3) is 7.16. The minimum Gasteiger partial charge on any atom is -0.323 e. The largest absolute Gasteiger partial charge is 0.323 e. The smallest absolute Gasteiger partial charge is 0.269 e. The summed E-state index contributed by atoms with van der Waals surface area (Å²) in [4.78, 5) is 33.0. The zero-order valence-electron chi connectivity index (χ0n) is 15.3. The number of benzene rings is 1. The molecule has 0 saturated heterocycles. The predicted molar refractivity (Wildman–Crippen MR) is 101 cm³/mol. The van der Waals surface area contributed by atoms with E-state index in [4.69, 9.17) is 5.21 Å². The number of nitrogens with one attached hydrogen (secondary N) is 2. The van der Waals surface area contributed by atoms with Gasteiger partial charge in [-0.15, -0.1) is 0 Å². The number of nitro groups is 1. The van der Waals surface area contributed by atoms with Crippen LogP contribution in [0.1, 0.15) is 44.1 Å². The van der Waals surface area contributed by atoms with Crippen LogP contribution in [0.4, 0.5) is 11.4 Å². The fourth-order valence-corrected chi connectivity index (χ4v) is 2.63. The van der Waals surface area contributed by atoms with Gasteiger partial charge >= 0.3 is 0 Å². The number of hydrogen-bond donors (Lipinski definition) is 3. The third-order valence-electron chi connectivity index (χ3n) is 4.09. The van der Waals surface area contributed by atoms with Crippen molar-refractivity contribution in [3.8, 4) is 0 Å². The number of unbranched alkanes of at least 4 members (excludes halogenated alkanes) is 3. The molecular weight excluding hydrogens is 366 g/mol.